The number of nitrogens with zero attached hydrogens (tertiary/aromatic N) is 4. The average Bonchev–Trinajstić information content (AvgIpc) is 3.00. The zero-order valence-corrected chi connectivity index (χ0v) is 10.9. The standard InChI is InChI=1S/C12H15N5O3/c1-6(19)7-2-10(20-9(7)4-18)17-5-15-8-3-14-12(13)16-11(8)17/h3,5,7,9-10,18H,2,4H2,1H3,(H2,13,14,16)/t7-,9-,10-/m1/s1. The van der Waals surface area contributed by atoms with Crippen LogP contribution in [0.2, 0.25) is 0 Å². The summed E-state index contributed by atoms with van der Waals surface area (Å²) >= 11 is 0. The molecule has 0 amide bonds. The average molecular weight is 277 g/mol. The van der Waals surface area contributed by atoms with E-state index in [1.54, 1.807) is 10.9 Å². The summed E-state index contributed by atoms with van der Waals surface area (Å²) in [7, 11) is 0. The van der Waals surface area contributed by atoms with Gasteiger partial charge in [0, 0.05) is 6.42 Å². The lowest BCUT2D eigenvalue weighted by molar-refractivity contribution is -0.123. The van der Waals surface area contributed by atoms with Crippen molar-refractivity contribution < 1.29 is 14.6 Å². The molecule has 8 nitrogen and oxygen atoms in total. The second kappa shape index (κ2) is 4.80. The third kappa shape index (κ3) is 2.02. The van der Waals surface area contributed by atoms with Gasteiger partial charge in [-0.2, -0.15) is 4.98 Å². The van der Waals surface area contributed by atoms with Crippen LogP contribution in [0.3, 0.4) is 0 Å². The van der Waals surface area contributed by atoms with Crippen LogP contribution in [0.5, 0.6) is 0 Å². The molecule has 1 aliphatic heterocycles. The van der Waals surface area contributed by atoms with Crippen molar-refractivity contribution in [1.29, 1.82) is 0 Å². The smallest absolute Gasteiger partial charge is 0.222 e. The zero-order chi connectivity index (χ0) is 14.3. The summed E-state index contributed by atoms with van der Waals surface area (Å²) in [5.41, 5.74) is 6.75. The molecule has 0 radical (unpaired) electrons. The molecule has 0 saturated carbocycles. The molecule has 8 heteroatoms. The van der Waals surface area contributed by atoms with E-state index in [0.29, 0.717) is 17.6 Å². The molecule has 0 spiro atoms. The number of hydrogen-bond donors (Lipinski definition) is 2. The van der Waals surface area contributed by atoms with Gasteiger partial charge in [0.1, 0.15) is 17.5 Å². The SMILES string of the molecule is CC(=O)[C@H]1C[C@H](n2cnc3cnc(N)nc32)O[C@@H]1CO. The number of carbonyl (C=O) groups excluding carboxylic acids is 1. The Hall–Kier alpha value is -2.06. The van der Waals surface area contributed by atoms with Crippen molar-refractivity contribution in [2.75, 3.05) is 12.3 Å². The summed E-state index contributed by atoms with van der Waals surface area (Å²) in [5.74, 6) is -0.161. The monoisotopic (exact) mass is 277 g/mol. The number of carbonyl (C=O) groups is 1. The van der Waals surface area contributed by atoms with Gasteiger partial charge in [-0.15, -0.1) is 0 Å². The summed E-state index contributed by atoms with van der Waals surface area (Å²) in [5, 5.41) is 9.31. The summed E-state index contributed by atoms with van der Waals surface area (Å²) in [6, 6.07) is 0. The molecule has 1 aliphatic rings. The van der Waals surface area contributed by atoms with E-state index in [-0.39, 0.29) is 30.5 Å². The van der Waals surface area contributed by atoms with Gasteiger partial charge in [0.05, 0.1) is 31.2 Å². The largest absolute Gasteiger partial charge is 0.394 e. The lowest BCUT2D eigenvalue weighted by Gasteiger charge is -2.14. The van der Waals surface area contributed by atoms with Gasteiger partial charge in [0.15, 0.2) is 5.65 Å². The van der Waals surface area contributed by atoms with Crippen LogP contribution in [0.1, 0.15) is 19.6 Å². The minimum absolute atomic E-state index is 0.00473. The molecule has 0 aliphatic carbocycles. The lowest BCUT2D eigenvalue weighted by Crippen LogP contribution is -2.25. The van der Waals surface area contributed by atoms with Gasteiger partial charge in [0.25, 0.3) is 0 Å². The van der Waals surface area contributed by atoms with E-state index in [0.717, 1.165) is 0 Å². The van der Waals surface area contributed by atoms with Gasteiger partial charge in [-0.1, -0.05) is 0 Å². The number of aliphatic hydroxyl groups is 1. The third-order valence-electron chi connectivity index (χ3n) is 3.58. The Kier molecular flexibility index (Phi) is 3.11. The zero-order valence-electron chi connectivity index (χ0n) is 10.9. The van der Waals surface area contributed by atoms with Gasteiger partial charge in [-0.25, -0.2) is 9.97 Å². The number of anilines is 1. The molecule has 3 rings (SSSR count). The Morgan fingerprint density at radius 3 is 3.05 bits per heavy atom. The quantitative estimate of drug-likeness (QED) is 0.804. The number of Topliss-reactive ketones (excluding diaryl/α,β-unsaturated/α-hetero) is 1. The summed E-state index contributed by atoms with van der Waals surface area (Å²) in [4.78, 5) is 23.8. The maximum Gasteiger partial charge on any atom is 0.222 e. The molecule has 3 N–H and O–H groups in total. The second-order valence-electron chi connectivity index (χ2n) is 4.85. The molecule has 106 valence electrons. The highest BCUT2D eigenvalue weighted by Crippen LogP contribution is 2.35. The lowest BCUT2D eigenvalue weighted by atomic mass is 9.97. The van der Waals surface area contributed by atoms with Crippen LogP contribution >= 0.6 is 0 Å². The Morgan fingerprint density at radius 2 is 2.40 bits per heavy atom. The number of nitrogen functional groups attached to an aromatic ring is 1. The van der Waals surface area contributed by atoms with Crippen LogP contribution in [0, 0.1) is 5.92 Å². The molecular weight excluding hydrogens is 262 g/mol. The van der Waals surface area contributed by atoms with Crippen LogP contribution < -0.4 is 5.73 Å². The molecule has 3 heterocycles. The van der Waals surface area contributed by atoms with E-state index >= 15 is 0 Å². The Bertz CT molecular complexity index is 656. The van der Waals surface area contributed by atoms with E-state index in [4.69, 9.17) is 10.5 Å². The maximum absolute atomic E-state index is 11.6. The fraction of sp³-hybridized carbons (Fsp3) is 0.500. The van der Waals surface area contributed by atoms with Crippen LogP contribution in [0.4, 0.5) is 5.95 Å². The number of ether oxygens (including phenoxy) is 1. The number of fused-ring (bicyclic) bond motifs is 1. The first-order valence-electron chi connectivity index (χ1n) is 6.32. The summed E-state index contributed by atoms with van der Waals surface area (Å²) in [6.07, 6.45) is 2.72. The van der Waals surface area contributed by atoms with E-state index < -0.39 is 6.10 Å². The van der Waals surface area contributed by atoms with Crippen LogP contribution in [-0.2, 0) is 9.53 Å². The van der Waals surface area contributed by atoms with Gasteiger partial charge >= 0.3 is 0 Å². The van der Waals surface area contributed by atoms with Gasteiger partial charge < -0.3 is 15.6 Å². The van der Waals surface area contributed by atoms with Crippen molar-refractivity contribution in [2.24, 2.45) is 5.92 Å². The van der Waals surface area contributed by atoms with Crippen LogP contribution in [-0.4, -0.2) is 43.1 Å². The first kappa shape index (κ1) is 12.9. The topological polar surface area (TPSA) is 116 Å². The number of imidazole rings is 1. The molecule has 20 heavy (non-hydrogen) atoms. The molecule has 0 aromatic carbocycles. The molecule has 1 fully saturated rings. The molecule has 2 aromatic rings. The fourth-order valence-electron chi connectivity index (χ4n) is 2.55. The van der Waals surface area contributed by atoms with Crippen molar-refractivity contribution in [3.05, 3.63) is 12.5 Å². The molecular formula is C12H15N5O3. The first-order chi connectivity index (χ1) is 9.60. The van der Waals surface area contributed by atoms with Crippen molar-refractivity contribution in [2.45, 2.75) is 25.7 Å². The number of ketones is 1. The minimum Gasteiger partial charge on any atom is -0.394 e. The maximum atomic E-state index is 11.6. The Labute approximate surface area is 114 Å². The predicted octanol–water partition coefficient (Wildman–Crippen LogP) is -0.106. The van der Waals surface area contributed by atoms with E-state index in [9.17, 15) is 9.90 Å². The molecule has 2 aromatic heterocycles. The number of rotatable bonds is 3. The molecule has 0 bridgehead atoms. The highest BCUT2D eigenvalue weighted by molar-refractivity contribution is 5.79. The molecule has 0 unspecified atom stereocenters. The molecule has 3 atom stereocenters. The summed E-state index contributed by atoms with van der Waals surface area (Å²) < 4.78 is 7.45. The van der Waals surface area contributed by atoms with Gasteiger partial charge in [-0.05, 0) is 6.92 Å². The normalized spacial score (nSPS) is 26.2. The van der Waals surface area contributed by atoms with Crippen molar-refractivity contribution in [3.63, 3.8) is 0 Å². The number of hydrogen-bond acceptors (Lipinski definition) is 7. The third-order valence-corrected chi connectivity index (χ3v) is 3.58. The fourth-order valence-corrected chi connectivity index (χ4v) is 2.55. The highest BCUT2D eigenvalue weighted by Gasteiger charge is 2.39. The van der Waals surface area contributed by atoms with Crippen molar-refractivity contribution >= 4 is 22.9 Å². The summed E-state index contributed by atoms with van der Waals surface area (Å²) in [6.45, 7) is 1.32. The number of aliphatic hydroxyl groups excluding tert-OH is 1. The van der Waals surface area contributed by atoms with Gasteiger partial charge in [-0.3, -0.25) is 9.36 Å². The second-order valence-corrected chi connectivity index (χ2v) is 4.85. The highest BCUT2D eigenvalue weighted by atomic mass is 16.5. The van der Waals surface area contributed by atoms with Crippen molar-refractivity contribution in [3.8, 4) is 0 Å². The van der Waals surface area contributed by atoms with E-state index in [1.807, 2.05) is 0 Å². The van der Waals surface area contributed by atoms with Crippen LogP contribution in [0.15, 0.2) is 12.5 Å². The van der Waals surface area contributed by atoms with Crippen molar-refractivity contribution in [1.82, 2.24) is 19.5 Å². The Morgan fingerprint density at radius 1 is 1.60 bits per heavy atom. The number of aromatic nitrogens is 4. The molecule has 1 saturated heterocycles. The number of nitrogens with two attached hydrogens (primary N) is 1. The van der Waals surface area contributed by atoms with E-state index in [2.05, 4.69) is 15.0 Å². The van der Waals surface area contributed by atoms with E-state index in [1.165, 1.54) is 13.1 Å². The Balaban J connectivity index is 1.96. The van der Waals surface area contributed by atoms with Crippen LogP contribution in [0.25, 0.3) is 11.2 Å². The first-order valence-corrected chi connectivity index (χ1v) is 6.32. The van der Waals surface area contributed by atoms with Gasteiger partial charge in [0.2, 0.25) is 5.95 Å². The predicted molar refractivity (Wildman–Crippen MR) is 69.5 cm³/mol. The minimum atomic E-state index is -0.492.